The minimum absolute atomic E-state index is 0.0263. The van der Waals surface area contributed by atoms with Gasteiger partial charge in [0.05, 0.1) is 25.4 Å². The number of pyridine rings is 1. The lowest BCUT2D eigenvalue weighted by Crippen LogP contribution is -2.12. The number of aromatic nitrogens is 1. The average molecular weight is 234 g/mol. The molecule has 0 saturated carbocycles. The van der Waals surface area contributed by atoms with Gasteiger partial charge in [-0.25, -0.2) is 4.98 Å². The van der Waals surface area contributed by atoms with Crippen molar-refractivity contribution >= 4 is 11.7 Å². The Morgan fingerprint density at radius 3 is 2.69 bits per heavy atom. The maximum absolute atomic E-state index is 12.3. The van der Waals surface area contributed by atoms with E-state index in [0.29, 0.717) is 0 Å². The van der Waals surface area contributed by atoms with Gasteiger partial charge in [-0.2, -0.15) is 13.2 Å². The number of hydrogen-bond donors (Lipinski definition) is 1. The minimum atomic E-state index is -4.56. The molecule has 0 aliphatic carbocycles. The number of carbonyl (C=O) groups excluding carboxylic acids is 1. The summed E-state index contributed by atoms with van der Waals surface area (Å²) in [6.45, 7) is 0. The molecular formula is C9H9F3N2O2. The van der Waals surface area contributed by atoms with Gasteiger partial charge in [0.15, 0.2) is 0 Å². The second-order valence-corrected chi connectivity index (χ2v) is 3.02. The predicted molar refractivity (Wildman–Crippen MR) is 49.4 cm³/mol. The number of nitrogens with two attached hydrogens (primary N) is 1. The van der Waals surface area contributed by atoms with Crippen LogP contribution in [-0.2, 0) is 22.1 Å². The average Bonchev–Trinajstić information content (AvgIpc) is 2.19. The fourth-order valence-corrected chi connectivity index (χ4v) is 1.04. The van der Waals surface area contributed by atoms with Crippen LogP contribution in [0.3, 0.4) is 0 Å². The summed E-state index contributed by atoms with van der Waals surface area (Å²) >= 11 is 0. The third-order valence-corrected chi connectivity index (χ3v) is 1.88. The van der Waals surface area contributed by atoms with Crippen LogP contribution in [0.25, 0.3) is 0 Å². The van der Waals surface area contributed by atoms with Crippen LogP contribution in [0.1, 0.15) is 11.3 Å². The van der Waals surface area contributed by atoms with E-state index < -0.39 is 17.8 Å². The van der Waals surface area contributed by atoms with Gasteiger partial charge < -0.3 is 10.5 Å². The Morgan fingerprint density at radius 1 is 1.56 bits per heavy atom. The number of ether oxygens (including phenoxy) is 1. The van der Waals surface area contributed by atoms with Crippen LogP contribution in [0.5, 0.6) is 0 Å². The molecule has 0 aliphatic heterocycles. The second-order valence-electron chi connectivity index (χ2n) is 3.02. The summed E-state index contributed by atoms with van der Waals surface area (Å²) in [6, 6.07) is 0.742. The molecule has 0 saturated heterocycles. The van der Waals surface area contributed by atoms with Gasteiger partial charge in [-0.05, 0) is 11.6 Å². The number of carbonyl (C=O) groups is 1. The Hall–Kier alpha value is -1.79. The number of esters is 1. The van der Waals surface area contributed by atoms with Crippen molar-refractivity contribution < 1.29 is 22.7 Å². The maximum Gasteiger partial charge on any atom is 0.433 e. The lowest BCUT2D eigenvalue weighted by Gasteiger charge is -2.09. The predicted octanol–water partition coefficient (Wildman–Crippen LogP) is 1.40. The first kappa shape index (κ1) is 12.3. The molecule has 0 fully saturated rings. The summed E-state index contributed by atoms with van der Waals surface area (Å²) in [7, 11) is 1.14. The molecule has 1 rings (SSSR count). The Balaban J connectivity index is 3.04. The van der Waals surface area contributed by atoms with Crippen LogP contribution in [0, 0.1) is 0 Å². The zero-order chi connectivity index (χ0) is 12.3. The van der Waals surface area contributed by atoms with Crippen LogP contribution in [0.15, 0.2) is 12.3 Å². The van der Waals surface area contributed by atoms with Crippen molar-refractivity contribution in [3.05, 3.63) is 23.5 Å². The highest BCUT2D eigenvalue weighted by atomic mass is 19.4. The molecule has 4 nitrogen and oxygen atoms in total. The van der Waals surface area contributed by atoms with Crippen molar-refractivity contribution in [2.24, 2.45) is 0 Å². The molecule has 0 atom stereocenters. The number of anilines is 1. The maximum atomic E-state index is 12.3. The summed E-state index contributed by atoms with van der Waals surface area (Å²) < 4.78 is 41.2. The van der Waals surface area contributed by atoms with Crippen molar-refractivity contribution in [2.75, 3.05) is 12.8 Å². The number of nitrogens with zero attached hydrogens (tertiary/aromatic N) is 1. The normalized spacial score (nSPS) is 11.2. The largest absolute Gasteiger partial charge is 0.469 e. The molecule has 1 aromatic rings. The zero-order valence-corrected chi connectivity index (χ0v) is 8.34. The van der Waals surface area contributed by atoms with Gasteiger partial charge in [0.1, 0.15) is 5.69 Å². The van der Waals surface area contributed by atoms with Gasteiger partial charge in [0.25, 0.3) is 0 Å². The molecule has 16 heavy (non-hydrogen) atoms. The molecule has 0 amide bonds. The molecule has 0 bridgehead atoms. The van der Waals surface area contributed by atoms with Gasteiger partial charge in [0, 0.05) is 0 Å². The van der Waals surface area contributed by atoms with Gasteiger partial charge in [0.2, 0.25) is 0 Å². The molecule has 0 radical (unpaired) electrons. The molecule has 0 spiro atoms. The van der Waals surface area contributed by atoms with E-state index in [2.05, 4.69) is 9.72 Å². The van der Waals surface area contributed by atoms with Crippen molar-refractivity contribution in [2.45, 2.75) is 12.6 Å². The summed E-state index contributed by atoms with van der Waals surface area (Å²) in [6.07, 6.45) is -3.99. The number of hydrogen-bond acceptors (Lipinski definition) is 4. The third kappa shape index (κ3) is 2.85. The van der Waals surface area contributed by atoms with Gasteiger partial charge >= 0.3 is 12.1 Å². The van der Waals surface area contributed by atoms with Crippen molar-refractivity contribution in [1.82, 2.24) is 4.98 Å². The van der Waals surface area contributed by atoms with E-state index in [1.54, 1.807) is 0 Å². The monoisotopic (exact) mass is 234 g/mol. The van der Waals surface area contributed by atoms with Gasteiger partial charge in [-0.15, -0.1) is 0 Å². The van der Waals surface area contributed by atoms with Crippen LogP contribution < -0.4 is 5.73 Å². The molecule has 88 valence electrons. The second kappa shape index (κ2) is 4.38. The van der Waals surface area contributed by atoms with Crippen molar-refractivity contribution in [3.8, 4) is 0 Å². The van der Waals surface area contributed by atoms with Crippen LogP contribution in [0.2, 0.25) is 0 Å². The highest BCUT2D eigenvalue weighted by Crippen LogP contribution is 2.29. The first-order chi connectivity index (χ1) is 7.34. The number of halogens is 3. The quantitative estimate of drug-likeness (QED) is 0.785. The van der Waals surface area contributed by atoms with Crippen LogP contribution in [-0.4, -0.2) is 18.1 Å². The van der Waals surface area contributed by atoms with Crippen molar-refractivity contribution in [3.63, 3.8) is 0 Å². The van der Waals surface area contributed by atoms with Crippen LogP contribution >= 0.6 is 0 Å². The lowest BCUT2D eigenvalue weighted by molar-refractivity contribution is -0.142. The van der Waals surface area contributed by atoms with E-state index >= 15 is 0 Å². The molecular weight excluding hydrogens is 225 g/mol. The van der Waals surface area contributed by atoms with Crippen LogP contribution in [0.4, 0.5) is 18.9 Å². The molecule has 1 heterocycles. The zero-order valence-electron chi connectivity index (χ0n) is 8.34. The molecule has 7 heteroatoms. The van der Waals surface area contributed by atoms with E-state index in [9.17, 15) is 18.0 Å². The van der Waals surface area contributed by atoms with Gasteiger partial charge in [-0.3, -0.25) is 4.79 Å². The highest BCUT2D eigenvalue weighted by molar-refractivity contribution is 5.74. The Labute approximate surface area is 89.2 Å². The molecule has 0 aromatic carbocycles. The SMILES string of the molecule is COC(=O)Cc1cc(C(F)(F)F)ncc1N. The Kier molecular flexibility index (Phi) is 3.36. The minimum Gasteiger partial charge on any atom is -0.469 e. The first-order valence-corrected chi connectivity index (χ1v) is 4.23. The molecule has 0 unspecified atom stereocenters. The highest BCUT2D eigenvalue weighted by Gasteiger charge is 2.33. The fourth-order valence-electron chi connectivity index (χ4n) is 1.04. The Bertz CT molecular complexity index is 404. The van der Waals surface area contributed by atoms with E-state index in [1.165, 1.54) is 0 Å². The van der Waals surface area contributed by atoms with E-state index in [1.807, 2.05) is 0 Å². The molecule has 2 N–H and O–H groups in total. The Morgan fingerprint density at radius 2 is 2.19 bits per heavy atom. The summed E-state index contributed by atoms with van der Waals surface area (Å²) in [5.74, 6) is -0.661. The summed E-state index contributed by atoms with van der Waals surface area (Å²) in [5, 5.41) is 0. The smallest absolute Gasteiger partial charge is 0.433 e. The number of nitrogen functional groups attached to an aromatic ring is 1. The molecule has 1 aromatic heterocycles. The van der Waals surface area contributed by atoms with Gasteiger partial charge in [-0.1, -0.05) is 0 Å². The topological polar surface area (TPSA) is 65.2 Å². The summed E-state index contributed by atoms with van der Waals surface area (Å²) in [4.78, 5) is 14.1. The first-order valence-electron chi connectivity index (χ1n) is 4.23. The van der Waals surface area contributed by atoms with E-state index in [0.717, 1.165) is 19.4 Å². The lowest BCUT2D eigenvalue weighted by atomic mass is 10.1. The van der Waals surface area contributed by atoms with E-state index in [4.69, 9.17) is 5.73 Å². The third-order valence-electron chi connectivity index (χ3n) is 1.88. The molecule has 0 aliphatic rings. The fraction of sp³-hybridized carbons (Fsp3) is 0.333. The summed E-state index contributed by atoms with van der Waals surface area (Å²) in [5.41, 5.74) is 4.39. The number of rotatable bonds is 2. The number of methoxy groups -OCH3 is 1. The standard InChI is InChI=1S/C9H9F3N2O2/c1-16-8(15)3-5-2-7(9(10,11)12)14-4-6(5)13/h2,4H,3,13H2,1H3. The number of alkyl halides is 3. The van der Waals surface area contributed by atoms with Crippen molar-refractivity contribution in [1.29, 1.82) is 0 Å². The van der Waals surface area contributed by atoms with E-state index in [-0.39, 0.29) is 17.7 Å².